The van der Waals surface area contributed by atoms with Crippen LogP contribution in [-0.4, -0.2) is 19.2 Å². The summed E-state index contributed by atoms with van der Waals surface area (Å²) in [6.45, 7) is 6.56. The topological polar surface area (TPSA) is 61.5 Å². The molecule has 0 heterocycles. The van der Waals surface area contributed by atoms with Gasteiger partial charge in [-0.05, 0) is 38.0 Å². The summed E-state index contributed by atoms with van der Waals surface area (Å²) in [6.07, 6.45) is 0. The Bertz CT molecular complexity index is 390. The highest BCUT2D eigenvalue weighted by Gasteiger charge is 2.17. The van der Waals surface area contributed by atoms with E-state index in [-0.39, 0.29) is 0 Å². The number of ether oxygens (including phenoxy) is 2. The van der Waals surface area contributed by atoms with Crippen molar-refractivity contribution in [1.82, 2.24) is 0 Å². The first-order chi connectivity index (χ1) is 8.10. The monoisotopic (exact) mass is 237 g/mol. The predicted molar refractivity (Wildman–Crippen MR) is 65.9 cm³/mol. The standard InChI is InChI=1S/C13H19NO3/c1-4-16-11-7-6-10(8-9(11)3)12(14)13(15)17-5-2/h6-8,12H,4-5,14H2,1-3H3. The fourth-order valence-corrected chi connectivity index (χ4v) is 1.55. The van der Waals surface area contributed by atoms with Gasteiger partial charge in [-0.3, -0.25) is 0 Å². The first-order valence-corrected chi connectivity index (χ1v) is 5.75. The molecule has 1 rings (SSSR count). The lowest BCUT2D eigenvalue weighted by Crippen LogP contribution is -2.23. The lowest BCUT2D eigenvalue weighted by molar-refractivity contribution is -0.144. The van der Waals surface area contributed by atoms with Crippen LogP contribution in [0.15, 0.2) is 18.2 Å². The van der Waals surface area contributed by atoms with Gasteiger partial charge in [-0.25, -0.2) is 4.79 Å². The first-order valence-electron chi connectivity index (χ1n) is 5.75. The number of nitrogens with two attached hydrogens (primary N) is 1. The molecule has 0 saturated carbocycles. The van der Waals surface area contributed by atoms with Crippen LogP contribution in [0.5, 0.6) is 5.75 Å². The van der Waals surface area contributed by atoms with E-state index in [9.17, 15) is 4.79 Å². The van der Waals surface area contributed by atoms with Crippen molar-refractivity contribution < 1.29 is 14.3 Å². The zero-order chi connectivity index (χ0) is 12.8. The zero-order valence-corrected chi connectivity index (χ0v) is 10.5. The van der Waals surface area contributed by atoms with E-state index in [1.807, 2.05) is 26.0 Å². The van der Waals surface area contributed by atoms with Crippen molar-refractivity contribution >= 4 is 5.97 Å². The van der Waals surface area contributed by atoms with Crippen molar-refractivity contribution in [2.24, 2.45) is 5.73 Å². The van der Waals surface area contributed by atoms with Crippen LogP contribution in [0, 0.1) is 6.92 Å². The lowest BCUT2D eigenvalue weighted by Gasteiger charge is -2.13. The van der Waals surface area contributed by atoms with E-state index in [1.165, 1.54) is 0 Å². The number of benzene rings is 1. The molecule has 4 heteroatoms. The highest BCUT2D eigenvalue weighted by Crippen LogP contribution is 2.22. The number of esters is 1. The Morgan fingerprint density at radius 2 is 2.06 bits per heavy atom. The third-order valence-electron chi connectivity index (χ3n) is 2.40. The average Bonchev–Trinajstić information content (AvgIpc) is 2.31. The van der Waals surface area contributed by atoms with Gasteiger partial charge in [-0.1, -0.05) is 12.1 Å². The summed E-state index contributed by atoms with van der Waals surface area (Å²) in [7, 11) is 0. The van der Waals surface area contributed by atoms with E-state index >= 15 is 0 Å². The Balaban J connectivity index is 2.85. The van der Waals surface area contributed by atoms with Crippen molar-refractivity contribution in [2.45, 2.75) is 26.8 Å². The molecular formula is C13H19NO3. The fraction of sp³-hybridized carbons (Fsp3) is 0.462. The number of hydrogen-bond donors (Lipinski definition) is 1. The van der Waals surface area contributed by atoms with Gasteiger partial charge in [-0.2, -0.15) is 0 Å². The van der Waals surface area contributed by atoms with E-state index in [0.717, 1.165) is 16.9 Å². The molecule has 94 valence electrons. The van der Waals surface area contributed by atoms with Crippen LogP contribution in [0.25, 0.3) is 0 Å². The highest BCUT2D eigenvalue weighted by molar-refractivity contribution is 5.77. The maximum Gasteiger partial charge on any atom is 0.327 e. The van der Waals surface area contributed by atoms with Crippen LogP contribution in [-0.2, 0) is 9.53 Å². The van der Waals surface area contributed by atoms with E-state index in [4.69, 9.17) is 15.2 Å². The number of aryl methyl sites for hydroxylation is 1. The summed E-state index contributed by atoms with van der Waals surface area (Å²) in [6, 6.07) is 4.74. The van der Waals surface area contributed by atoms with Crippen LogP contribution < -0.4 is 10.5 Å². The van der Waals surface area contributed by atoms with Gasteiger partial charge in [0.15, 0.2) is 0 Å². The summed E-state index contributed by atoms with van der Waals surface area (Å²) < 4.78 is 10.3. The van der Waals surface area contributed by atoms with Gasteiger partial charge in [-0.15, -0.1) is 0 Å². The number of carbonyl (C=O) groups is 1. The SMILES string of the molecule is CCOC(=O)C(N)c1ccc(OCC)c(C)c1. The van der Waals surface area contributed by atoms with Gasteiger partial charge in [0, 0.05) is 0 Å². The first kappa shape index (κ1) is 13.5. The number of rotatable bonds is 5. The van der Waals surface area contributed by atoms with Gasteiger partial charge in [0.05, 0.1) is 13.2 Å². The molecule has 0 fully saturated rings. The molecule has 1 atom stereocenters. The molecule has 0 saturated heterocycles. The normalized spacial score (nSPS) is 12.0. The molecule has 0 amide bonds. The minimum Gasteiger partial charge on any atom is -0.494 e. The Kier molecular flexibility index (Phi) is 4.97. The molecule has 0 bridgehead atoms. The summed E-state index contributed by atoms with van der Waals surface area (Å²) in [5.41, 5.74) is 7.50. The third-order valence-corrected chi connectivity index (χ3v) is 2.40. The maximum absolute atomic E-state index is 11.5. The van der Waals surface area contributed by atoms with E-state index in [0.29, 0.717) is 13.2 Å². The summed E-state index contributed by atoms with van der Waals surface area (Å²) in [5, 5.41) is 0. The van der Waals surface area contributed by atoms with Crippen molar-refractivity contribution in [2.75, 3.05) is 13.2 Å². The van der Waals surface area contributed by atoms with Crippen molar-refractivity contribution in [3.63, 3.8) is 0 Å². The number of hydrogen-bond acceptors (Lipinski definition) is 4. The van der Waals surface area contributed by atoms with Gasteiger partial charge in [0.25, 0.3) is 0 Å². The second kappa shape index (κ2) is 6.25. The minimum atomic E-state index is -0.732. The molecule has 0 aliphatic rings. The molecule has 1 unspecified atom stereocenters. The van der Waals surface area contributed by atoms with Crippen LogP contribution >= 0.6 is 0 Å². The van der Waals surface area contributed by atoms with Gasteiger partial charge in [0.2, 0.25) is 0 Å². The second-order valence-corrected chi connectivity index (χ2v) is 3.69. The molecule has 4 nitrogen and oxygen atoms in total. The molecule has 1 aromatic rings. The van der Waals surface area contributed by atoms with E-state index < -0.39 is 12.0 Å². The van der Waals surface area contributed by atoms with Gasteiger partial charge in [0.1, 0.15) is 11.8 Å². The number of carbonyl (C=O) groups excluding carboxylic acids is 1. The van der Waals surface area contributed by atoms with Crippen molar-refractivity contribution in [1.29, 1.82) is 0 Å². The largest absolute Gasteiger partial charge is 0.494 e. The Morgan fingerprint density at radius 3 is 2.59 bits per heavy atom. The van der Waals surface area contributed by atoms with Crippen molar-refractivity contribution in [3.05, 3.63) is 29.3 Å². The van der Waals surface area contributed by atoms with Gasteiger partial charge >= 0.3 is 5.97 Å². The van der Waals surface area contributed by atoms with E-state index in [1.54, 1.807) is 13.0 Å². The van der Waals surface area contributed by atoms with Crippen LogP contribution in [0.1, 0.15) is 31.0 Å². The Labute approximate surface area is 102 Å². The fourth-order valence-electron chi connectivity index (χ4n) is 1.55. The average molecular weight is 237 g/mol. The van der Waals surface area contributed by atoms with E-state index in [2.05, 4.69) is 0 Å². The molecule has 0 aliphatic carbocycles. The lowest BCUT2D eigenvalue weighted by atomic mass is 10.0. The minimum absolute atomic E-state index is 0.336. The third kappa shape index (κ3) is 3.46. The molecule has 0 spiro atoms. The quantitative estimate of drug-likeness (QED) is 0.795. The van der Waals surface area contributed by atoms with Crippen molar-refractivity contribution in [3.8, 4) is 5.75 Å². The van der Waals surface area contributed by atoms with Crippen LogP contribution in [0.2, 0.25) is 0 Å². The molecule has 2 N–H and O–H groups in total. The van der Waals surface area contributed by atoms with Gasteiger partial charge < -0.3 is 15.2 Å². The Hall–Kier alpha value is -1.55. The molecule has 0 aromatic heterocycles. The van der Waals surface area contributed by atoms with Crippen LogP contribution in [0.3, 0.4) is 0 Å². The molecule has 1 aromatic carbocycles. The maximum atomic E-state index is 11.5. The predicted octanol–water partition coefficient (Wildman–Crippen LogP) is 1.96. The smallest absolute Gasteiger partial charge is 0.327 e. The summed E-state index contributed by atoms with van der Waals surface area (Å²) in [4.78, 5) is 11.5. The van der Waals surface area contributed by atoms with Crippen LogP contribution in [0.4, 0.5) is 0 Å². The summed E-state index contributed by atoms with van der Waals surface area (Å²) >= 11 is 0. The highest BCUT2D eigenvalue weighted by atomic mass is 16.5. The molecule has 17 heavy (non-hydrogen) atoms. The molecular weight excluding hydrogens is 218 g/mol. The molecule has 0 aliphatic heterocycles. The zero-order valence-electron chi connectivity index (χ0n) is 10.5. The molecule has 0 radical (unpaired) electrons. The second-order valence-electron chi connectivity index (χ2n) is 3.69. The summed E-state index contributed by atoms with van der Waals surface area (Å²) in [5.74, 6) is 0.406. The Morgan fingerprint density at radius 1 is 1.35 bits per heavy atom.